The Kier molecular flexibility index (Phi) is 7.68. The van der Waals surface area contributed by atoms with E-state index in [0.29, 0.717) is 50.4 Å². The van der Waals surface area contributed by atoms with E-state index >= 15 is 0 Å². The second-order valence-electron chi connectivity index (χ2n) is 11.7. The molecule has 38 heavy (non-hydrogen) atoms. The quantitative estimate of drug-likeness (QED) is 0.573. The van der Waals surface area contributed by atoms with Gasteiger partial charge in [-0.2, -0.15) is 0 Å². The lowest BCUT2D eigenvalue weighted by Gasteiger charge is -2.34. The Morgan fingerprint density at radius 2 is 1.74 bits per heavy atom. The minimum absolute atomic E-state index is 0.00360. The van der Waals surface area contributed by atoms with Crippen LogP contribution >= 0.6 is 0 Å². The van der Waals surface area contributed by atoms with Gasteiger partial charge in [0, 0.05) is 37.7 Å². The molecule has 0 aromatic heterocycles. The van der Waals surface area contributed by atoms with Crippen molar-refractivity contribution in [3.63, 3.8) is 0 Å². The monoisotopic (exact) mass is 543 g/mol. The third-order valence-corrected chi connectivity index (χ3v) is 10.9. The Bertz CT molecular complexity index is 1200. The summed E-state index contributed by atoms with van der Waals surface area (Å²) < 4.78 is 28.1. The molecule has 0 unspecified atom stereocenters. The highest BCUT2D eigenvalue weighted by Gasteiger charge is 2.48. The molecule has 3 aliphatic heterocycles. The summed E-state index contributed by atoms with van der Waals surface area (Å²) in [5.74, 6) is 1.77. The number of amidine groups is 1. The fourth-order valence-corrected chi connectivity index (χ4v) is 7.93. The van der Waals surface area contributed by atoms with E-state index in [-0.39, 0.29) is 17.6 Å². The number of aryl methyl sites for hydroxylation is 2. The number of sulfonamides is 1. The van der Waals surface area contributed by atoms with Crippen molar-refractivity contribution >= 4 is 27.7 Å². The molecule has 4 aliphatic rings. The summed E-state index contributed by atoms with van der Waals surface area (Å²) in [5, 5.41) is 4.70. The maximum atomic E-state index is 13.3. The number of piperidine rings is 1. The second kappa shape index (κ2) is 10.7. The van der Waals surface area contributed by atoms with Gasteiger partial charge in [-0.15, -0.1) is 0 Å². The van der Waals surface area contributed by atoms with Gasteiger partial charge in [0.05, 0.1) is 5.75 Å². The summed E-state index contributed by atoms with van der Waals surface area (Å²) in [4.78, 5) is 30.6. The number of carbonyl (C=O) groups is 2. The largest absolute Gasteiger partial charge is 0.312 e. The van der Waals surface area contributed by atoms with Crippen LogP contribution in [0.2, 0.25) is 0 Å². The molecule has 0 bridgehead atoms. The van der Waals surface area contributed by atoms with Gasteiger partial charge in [-0.3, -0.25) is 19.6 Å². The van der Waals surface area contributed by atoms with Gasteiger partial charge in [0.2, 0.25) is 10.0 Å². The number of hydrogen-bond donors (Lipinski definition) is 2. The number of nitrogens with one attached hydrogen (secondary N) is 2. The van der Waals surface area contributed by atoms with Gasteiger partial charge in [-0.1, -0.05) is 19.8 Å². The van der Waals surface area contributed by atoms with Gasteiger partial charge in [-0.05, 0) is 87.1 Å². The highest BCUT2D eigenvalue weighted by atomic mass is 32.2. The van der Waals surface area contributed by atoms with Crippen LogP contribution in [0.5, 0.6) is 0 Å². The molecule has 10 heteroatoms. The molecular weight excluding hydrogens is 502 g/mol. The van der Waals surface area contributed by atoms with Crippen molar-refractivity contribution < 1.29 is 18.0 Å². The lowest BCUT2D eigenvalue weighted by Crippen LogP contribution is -2.51. The Hall–Kier alpha value is -2.30. The van der Waals surface area contributed by atoms with Crippen molar-refractivity contribution in [1.82, 2.24) is 20.1 Å². The molecule has 3 fully saturated rings. The van der Waals surface area contributed by atoms with Crippen molar-refractivity contribution in [2.45, 2.75) is 77.7 Å². The van der Waals surface area contributed by atoms with Crippen LogP contribution in [0.3, 0.4) is 0 Å². The standard InChI is InChI=1S/C28H41N5O4S/c1-19-5-7-22(8-6-19)25-30-27(35)28(31-25)10-14-32(15-11-28)38(36,37)16-9-24-20(2)17-23(18-21(24)3)26(34)33-13-4-12-29-33/h17-19,22,29H,4-16H2,1-3H3,(H,30,31,35). The molecule has 1 aromatic carbocycles. The van der Waals surface area contributed by atoms with E-state index in [1.54, 1.807) is 5.01 Å². The SMILES string of the molecule is Cc1cc(C(=O)N2CCCN2)cc(C)c1CCS(=O)(=O)N1CCC2(CC1)N=C(C1CCC(C)CC1)NC2=O. The molecular formula is C28H41N5O4S. The molecule has 1 aliphatic carbocycles. The highest BCUT2D eigenvalue weighted by molar-refractivity contribution is 7.89. The van der Waals surface area contributed by atoms with E-state index in [1.165, 1.54) is 4.31 Å². The number of carbonyl (C=O) groups excluding carboxylic acids is 2. The average molecular weight is 544 g/mol. The molecule has 2 saturated heterocycles. The number of nitrogens with zero attached hydrogens (tertiary/aromatic N) is 3. The van der Waals surface area contributed by atoms with Crippen LogP contribution in [-0.2, 0) is 21.2 Å². The number of aliphatic imine (C=N–C) groups is 1. The van der Waals surface area contributed by atoms with Gasteiger partial charge >= 0.3 is 0 Å². The Labute approximate surface area is 226 Å². The second-order valence-corrected chi connectivity index (χ2v) is 13.8. The van der Waals surface area contributed by atoms with Crippen LogP contribution in [0.15, 0.2) is 17.1 Å². The molecule has 3 heterocycles. The van der Waals surface area contributed by atoms with Gasteiger partial charge in [0.15, 0.2) is 0 Å². The van der Waals surface area contributed by atoms with Crippen LogP contribution in [-0.4, -0.2) is 72.9 Å². The van der Waals surface area contributed by atoms with Crippen LogP contribution in [0.1, 0.15) is 78.9 Å². The first kappa shape index (κ1) is 27.3. The zero-order valence-electron chi connectivity index (χ0n) is 22.9. The molecule has 9 nitrogen and oxygen atoms in total. The molecule has 1 spiro atoms. The number of hydrogen-bond acceptors (Lipinski definition) is 6. The van der Waals surface area contributed by atoms with Crippen molar-refractivity contribution in [2.75, 3.05) is 31.9 Å². The number of amides is 2. The summed E-state index contributed by atoms with van der Waals surface area (Å²) >= 11 is 0. The summed E-state index contributed by atoms with van der Waals surface area (Å²) in [6.45, 7) is 8.27. The molecule has 1 saturated carbocycles. The minimum Gasteiger partial charge on any atom is -0.312 e. The third kappa shape index (κ3) is 5.40. The lowest BCUT2D eigenvalue weighted by atomic mass is 9.82. The molecule has 5 rings (SSSR count). The first-order chi connectivity index (χ1) is 18.1. The van der Waals surface area contributed by atoms with Crippen LogP contribution in [0.4, 0.5) is 0 Å². The van der Waals surface area contributed by atoms with E-state index in [1.807, 2.05) is 26.0 Å². The van der Waals surface area contributed by atoms with Gasteiger partial charge in [0.1, 0.15) is 11.4 Å². The van der Waals surface area contributed by atoms with E-state index < -0.39 is 15.6 Å². The summed E-state index contributed by atoms with van der Waals surface area (Å²) in [6.07, 6.45) is 6.60. The zero-order chi connectivity index (χ0) is 27.1. The Morgan fingerprint density at radius 1 is 1.08 bits per heavy atom. The Morgan fingerprint density at radius 3 is 2.34 bits per heavy atom. The van der Waals surface area contributed by atoms with E-state index in [0.717, 1.165) is 67.1 Å². The van der Waals surface area contributed by atoms with E-state index in [9.17, 15) is 18.0 Å². The fourth-order valence-electron chi connectivity index (χ4n) is 6.47. The third-order valence-electron chi connectivity index (χ3n) is 9.00. The van der Waals surface area contributed by atoms with Gasteiger partial charge < -0.3 is 5.32 Å². The summed E-state index contributed by atoms with van der Waals surface area (Å²) in [7, 11) is -3.49. The predicted octanol–water partition coefficient (Wildman–Crippen LogP) is 2.72. The minimum atomic E-state index is -3.49. The van der Waals surface area contributed by atoms with Crippen molar-refractivity contribution in [2.24, 2.45) is 16.8 Å². The first-order valence-corrected chi connectivity index (χ1v) is 15.7. The predicted molar refractivity (Wildman–Crippen MR) is 147 cm³/mol. The normalized spacial score (nSPS) is 26.0. The van der Waals surface area contributed by atoms with Gasteiger partial charge in [0.25, 0.3) is 11.8 Å². The maximum absolute atomic E-state index is 13.3. The van der Waals surface area contributed by atoms with Crippen LogP contribution < -0.4 is 10.7 Å². The Balaban J connectivity index is 1.20. The molecule has 2 N–H and O–H groups in total. The van der Waals surface area contributed by atoms with Crippen LogP contribution in [0, 0.1) is 25.7 Å². The van der Waals surface area contributed by atoms with E-state index in [4.69, 9.17) is 4.99 Å². The lowest BCUT2D eigenvalue weighted by molar-refractivity contribution is -0.125. The molecule has 208 valence electrons. The fraction of sp³-hybridized carbons (Fsp3) is 0.679. The summed E-state index contributed by atoms with van der Waals surface area (Å²) in [5.41, 5.74) is 5.74. The number of hydrazine groups is 1. The van der Waals surface area contributed by atoms with Crippen molar-refractivity contribution in [1.29, 1.82) is 0 Å². The maximum Gasteiger partial charge on any atom is 0.267 e. The molecule has 2 amide bonds. The molecule has 0 radical (unpaired) electrons. The van der Waals surface area contributed by atoms with Crippen LogP contribution in [0.25, 0.3) is 0 Å². The zero-order valence-corrected chi connectivity index (χ0v) is 23.7. The summed E-state index contributed by atoms with van der Waals surface area (Å²) in [6, 6.07) is 3.73. The molecule has 0 atom stereocenters. The van der Waals surface area contributed by atoms with Crippen molar-refractivity contribution in [3.05, 3.63) is 34.4 Å². The van der Waals surface area contributed by atoms with Gasteiger partial charge in [-0.25, -0.2) is 18.1 Å². The molecule has 1 aromatic rings. The first-order valence-electron chi connectivity index (χ1n) is 14.1. The highest BCUT2D eigenvalue weighted by Crippen LogP contribution is 2.36. The van der Waals surface area contributed by atoms with Crippen molar-refractivity contribution in [3.8, 4) is 0 Å². The number of rotatable bonds is 6. The smallest absolute Gasteiger partial charge is 0.267 e. The topological polar surface area (TPSA) is 111 Å². The number of benzene rings is 1. The average Bonchev–Trinajstić information content (AvgIpc) is 3.53. The van der Waals surface area contributed by atoms with E-state index in [2.05, 4.69) is 17.7 Å².